The molecule has 21 heavy (non-hydrogen) atoms. The molecule has 3 N–H and O–H groups in total. The summed E-state index contributed by atoms with van der Waals surface area (Å²) in [6, 6.07) is 3.61. The van der Waals surface area contributed by atoms with Crippen LogP contribution in [-0.2, 0) is 4.79 Å². The molecule has 0 bridgehead atoms. The maximum absolute atomic E-state index is 11.2. The van der Waals surface area contributed by atoms with Gasteiger partial charge in [0.15, 0.2) is 0 Å². The highest BCUT2D eigenvalue weighted by Gasteiger charge is 2.38. The van der Waals surface area contributed by atoms with Gasteiger partial charge in [0.1, 0.15) is 5.69 Å². The van der Waals surface area contributed by atoms with Crippen LogP contribution in [0.5, 0.6) is 0 Å². The summed E-state index contributed by atoms with van der Waals surface area (Å²) < 4.78 is 0. The number of primary amides is 1. The van der Waals surface area contributed by atoms with Crippen LogP contribution in [-0.4, -0.2) is 34.5 Å². The zero-order valence-electron chi connectivity index (χ0n) is 11.4. The van der Waals surface area contributed by atoms with E-state index >= 15 is 0 Å². The largest absolute Gasteiger partial charge is 0.481 e. The van der Waals surface area contributed by atoms with E-state index in [-0.39, 0.29) is 17.3 Å². The number of aliphatic carboxylic acids is 1. The molecule has 112 valence electrons. The molecule has 2 atom stereocenters. The van der Waals surface area contributed by atoms with E-state index in [4.69, 9.17) is 10.8 Å². The summed E-state index contributed by atoms with van der Waals surface area (Å²) in [6.07, 6.45) is 0.422. The number of anilines is 1. The first kappa shape index (κ1) is 14.8. The first-order valence-corrected chi connectivity index (χ1v) is 6.40. The molecule has 1 amide bonds. The number of carboxylic acid groups (broad SMARTS) is 1. The van der Waals surface area contributed by atoms with Crippen LogP contribution >= 0.6 is 0 Å². The Morgan fingerprint density at radius 2 is 2.14 bits per heavy atom. The number of amides is 1. The minimum Gasteiger partial charge on any atom is -0.481 e. The van der Waals surface area contributed by atoms with Crippen molar-refractivity contribution in [1.82, 2.24) is 0 Å². The summed E-state index contributed by atoms with van der Waals surface area (Å²) >= 11 is 0. The van der Waals surface area contributed by atoms with Gasteiger partial charge >= 0.3 is 5.97 Å². The number of nitrogens with two attached hydrogens (primary N) is 1. The Bertz CT molecular complexity index is 616. The topological polar surface area (TPSA) is 127 Å². The van der Waals surface area contributed by atoms with E-state index in [0.29, 0.717) is 18.7 Å². The number of carboxylic acids is 1. The van der Waals surface area contributed by atoms with E-state index in [2.05, 4.69) is 0 Å². The van der Waals surface area contributed by atoms with Gasteiger partial charge in [-0.1, -0.05) is 0 Å². The summed E-state index contributed by atoms with van der Waals surface area (Å²) in [6.45, 7) is 2.13. The fraction of sp³-hybridized carbons (Fsp3) is 0.385. The van der Waals surface area contributed by atoms with E-state index in [9.17, 15) is 19.7 Å². The van der Waals surface area contributed by atoms with Gasteiger partial charge in [-0.25, -0.2) is 0 Å². The van der Waals surface area contributed by atoms with Crippen LogP contribution in [0.4, 0.5) is 11.4 Å². The lowest BCUT2D eigenvalue weighted by Crippen LogP contribution is -2.33. The Labute approximate surface area is 120 Å². The molecule has 1 aromatic carbocycles. The zero-order valence-corrected chi connectivity index (χ0v) is 11.4. The maximum Gasteiger partial charge on any atom is 0.308 e. The molecule has 1 heterocycles. The fourth-order valence-corrected chi connectivity index (χ4v) is 2.68. The van der Waals surface area contributed by atoms with Gasteiger partial charge in [-0.3, -0.25) is 19.7 Å². The fourth-order valence-electron chi connectivity index (χ4n) is 2.68. The van der Waals surface area contributed by atoms with Crippen molar-refractivity contribution in [1.29, 1.82) is 0 Å². The van der Waals surface area contributed by atoms with Crippen LogP contribution < -0.4 is 10.6 Å². The lowest BCUT2D eigenvalue weighted by molar-refractivity contribution is -0.384. The Morgan fingerprint density at radius 1 is 1.48 bits per heavy atom. The minimum absolute atomic E-state index is 0.0482. The molecule has 1 aromatic rings. The molecule has 2 rings (SSSR count). The van der Waals surface area contributed by atoms with E-state index in [1.807, 2.05) is 0 Å². The number of hydrogen-bond donors (Lipinski definition) is 2. The third-order valence-electron chi connectivity index (χ3n) is 3.84. The van der Waals surface area contributed by atoms with Crippen LogP contribution in [0.25, 0.3) is 0 Å². The molecule has 0 spiro atoms. The second-order valence-electron chi connectivity index (χ2n) is 4.99. The summed E-state index contributed by atoms with van der Waals surface area (Å²) in [5.41, 5.74) is 5.23. The number of hydrogen-bond acceptors (Lipinski definition) is 5. The molecule has 1 aliphatic heterocycles. The van der Waals surface area contributed by atoms with Crippen molar-refractivity contribution in [3.8, 4) is 0 Å². The Kier molecular flexibility index (Phi) is 3.79. The normalized spacial score (nSPS) is 21.3. The van der Waals surface area contributed by atoms with E-state index in [1.165, 1.54) is 12.1 Å². The van der Waals surface area contributed by atoms with Gasteiger partial charge in [0.25, 0.3) is 5.69 Å². The molecule has 8 heteroatoms. The number of nitrogens with zero attached hydrogens (tertiary/aromatic N) is 2. The van der Waals surface area contributed by atoms with Crippen molar-refractivity contribution in [2.75, 3.05) is 11.4 Å². The van der Waals surface area contributed by atoms with Gasteiger partial charge in [0, 0.05) is 24.2 Å². The van der Waals surface area contributed by atoms with Gasteiger partial charge in [-0.2, -0.15) is 0 Å². The van der Waals surface area contributed by atoms with Gasteiger partial charge < -0.3 is 15.7 Å². The maximum atomic E-state index is 11.2. The summed E-state index contributed by atoms with van der Waals surface area (Å²) in [7, 11) is 0. The van der Waals surface area contributed by atoms with Crippen molar-refractivity contribution in [2.24, 2.45) is 11.7 Å². The smallest absolute Gasteiger partial charge is 0.308 e. The minimum atomic E-state index is -0.915. The van der Waals surface area contributed by atoms with Gasteiger partial charge in [-0.05, 0) is 25.5 Å². The third kappa shape index (κ3) is 2.64. The molecular weight excluding hydrogens is 278 g/mol. The predicted octanol–water partition coefficient (Wildman–Crippen LogP) is 0.993. The summed E-state index contributed by atoms with van der Waals surface area (Å²) in [4.78, 5) is 34.5. The molecule has 2 unspecified atom stereocenters. The molecule has 0 radical (unpaired) electrons. The van der Waals surface area contributed by atoms with Crippen molar-refractivity contribution in [3.05, 3.63) is 33.9 Å². The average Bonchev–Trinajstić information content (AvgIpc) is 2.79. The molecule has 0 aromatic heterocycles. The van der Waals surface area contributed by atoms with E-state index < -0.39 is 22.7 Å². The second-order valence-corrected chi connectivity index (χ2v) is 4.99. The Hall–Kier alpha value is -2.64. The summed E-state index contributed by atoms with van der Waals surface area (Å²) in [5, 5.41) is 20.3. The van der Waals surface area contributed by atoms with Crippen molar-refractivity contribution in [3.63, 3.8) is 0 Å². The molecule has 1 fully saturated rings. The van der Waals surface area contributed by atoms with Crippen LogP contribution in [0.15, 0.2) is 18.2 Å². The van der Waals surface area contributed by atoms with Crippen LogP contribution in [0.2, 0.25) is 0 Å². The van der Waals surface area contributed by atoms with Crippen LogP contribution in [0.1, 0.15) is 23.7 Å². The monoisotopic (exact) mass is 293 g/mol. The molecule has 8 nitrogen and oxygen atoms in total. The molecule has 0 aliphatic carbocycles. The number of benzene rings is 1. The van der Waals surface area contributed by atoms with Gasteiger partial charge in [0.2, 0.25) is 5.91 Å². The number of rotatable bonds is 4. The zero-order chi connectivity index (χ0) is 15.7. The van der Waals surface area contributed by atoms with Crippen molar-refractivity contribution in [2.45, 2.75) is 19.4 Å². The first-order chi connectivity index (χ1) is 9.82. The predicted molar refractivity (Wildman–Crippen MR) is 74.2 cm³/mol. The molecule has 1 saturated heterocycles. The standard InChI is InChI=1S/C13H15N3O5/c1-7-9(13(18)19)4-5-15(7)10-3-2-8(12(14)17)6-11(10)16(20)21/h2-3,6-7,9H,4-5H2,1H3,(H2,14,17)(H,18,19). The third-order valence-corrected chi connectivity index (χ3v) is 3.84. The van der Waals surface area contributed by atoms with Gasteiger partial charge in [-0.15, -0.1) is 0 Å². The van der Waals surface area contributed by atoms with Crippen LogP contribution in [0.3, 0.4) is 0 Å². The average molecular weight is 293 g/mol. The SMILES string of the molecule is CC1C(C(=O)O)CCN1c1ccc(C(N)=O)cc1[N+](=O)[O-]. The lowest BCUT2D eigenvalue weighted by Gasteiger charge is -2.25. The van der Waals surface area contributed by atoms with Crippen LogP contribution in [0, 0.1) is 16.0 Å². The quantitative estimate of drug-likeness (QED) is 0.629. The highest BCUT2D eigenvalue weighted by Crippen LogP contribution is 2.36. The summed E-state index contributed by atoms with van der Waals surface area (Å²) in [5.74, 6) is -2.23. The number of carbonyl (C=O) groups excluding carboxylic acids is 1. The van der Waals surface area contributed by atoms with E-state index in [1.54, 1.807) is 11.8 Å². The number of carbonyl (C=O) groups is 2. The number of nitro benzene ring substituents is 1. The number of nitro groups is 1. The highest BCUT2D eigenvalue weighted by atomic mass is 16.6. The lowest BCUT2D eigenvalue weighted by atomic mass is 10.0. The molecule has 0 saturated carbocycles. The second kappa shape index (κ2) is 5.39. The van der Waals surface area contributed by atoms with Gasteiger partial charge in [0.05, 0.1) is 10.8 Å². The Balaban J connectivity index is 2.42. The van der Waals surface area contributed by atoms with Crippen molar-refractivity contribution < 1.29 is 19.6 Å². The highest BCUT2D eigenvalue weighted by molar-refractivity contribution is 5.94. The molecule has 1 aliphatic rings. The van der Waals surface area contributed by atoms with Crippen molar-refractivity contribution >= 4 is 23.3 Å². The molecular formula is C13H15N3O5. The Morgan fingerprint density at radius 3 is 2.62 bits per heavy atom. The first-order valence-electron chi connectivity index (χ1n) is 6.40. The van der Waals surface area contributed by atoms with E-state index in [0.717, 1.165) is 6.07 Å².